The third-order valence-corrected chi connectivity index (χ3v) is 3.83. The first kappa shape index (κ1) is 15.8. The molecule has 5 heteroatoms. The minimum atomic E-state index is 0.522. The first-order valence-electron chi connectivity index (χ1n) is 7.95. The molecule has 2 aromatic carbocycles. The highest BCUT2D eigenvalue weighted by atomic mass is 15.1. The SMILES string of the molecule is Cc1ccccc1Nc1ncnc(NCCc2ccccc2)c1N. The number of aromatic nitrogens is 2. The maximum absolute atomic E-state index is 6.21. The molecule has 0 saturated heterocycles. The number of benzene rings is 2. The van der Waals surface area contributed by atoms with Gasteiger partial charge in [0.05, 0.1) is 0 Å². The van der Waals surface area contributed by atoms with Gasteiger partial charge in [-0.25, -0.2) is 9.97 Å². The number of rotatable bonds is 6. The summed E-state index contributed by atoms with van der Waals surface area (Å²) in [5.74, 6) is 1.26. The Kier molecular flexibility index (Phi) is 4.91. The molecule has 0 bridgehead atoms. The standard InChI is InChI=1S/C19H21N5/c1-14-7-5-6-10-16(14)24-19-17(20)18(22-13-23-19)21-12-11-15-8-3-2-4-9-15/h2-10,13H,11-12,20H2,1H3,(H2,21,22,23,24). The van der Waals surface area contributed by atoms with Crippen LogP contribution in [0.3, 0.4) is 0 Å². The fraction of sp³-hybridized carbons (Fsp3) is 0.158. The molecule has 5 nitrogen and oxygen atoms in total. The molecule has 0 spiro atoms. The third-order valence-electron chi connectivity index (χ3n) is 3.83. The molecule has 122 valence electrons. The average molecular weight is 319 g/mol. The van der Waals surface area contributed by atoms with Gasteiger partial charge in [-0.1, -0.05) is 48.5 Å². The maximum Gasteiger partial charge on any atom is 0.159 e. The predicted molar refractivity (Wildman–Crippen MR) is 99.5 cm³/mol. The van der Waals surface area contributed by atoms with Crippen LogP contribution >= 0.6 is 0 Å². The highest BCUT2D eigenvalue weighted by Crippen LogP contribution is 2.27. The van der Waals surface area contributed by atoms with Gasteiger partial charge < -0.3 is 16.4 Å². The van der Waals surface area contributed by atoms with Crippen LogP contribution in [-0.4, -0.2) is 16.5 Å². The molecule has 0 aliphatic carbocycles. The second-order valence-corrected chi connectivity index (χ2v) is 5.59. The zero-order valence-corrected chi connectivity index (χ0v) is 13.7. The summed E-state index contributed by atoms with van der Waals surface area (Å²) in [6.07, 6.45) is 2.42. The first-order valence-corrected chi connectivity index (χ1v) is 7.95. The topological polar surface area (TPSA) is 75.9 Å². The molecule has 0 radical (unpaired) electrons. The van der Waals surface area contributed by atoms with Crippen molar-refractivity contribution in [2.45, 2.75) is 13.3 Å². The van der Waals surface area contributed by atoms with E-state index in [1.807, 2.05) is 49.4 Å². The Bertz CT molecular complexity index is 802. The van der Waals surface area contributed by atoms with Crippen molar-refractivity contribution in [3.05, 3.63) is 72.1 Å². The number of nitrogens with one attached hydrogen (secondary N) is 2. The summed E-state index contributed by atoms with van der Waals surface area (Å²) < 4.78 is 0. The Balaban J connectivity index is 1.68. The first-order chi connectivity index (χ1) is 11.7. The Morgan fingerprint density at radius 3 is 2.42 bits per heavy atom. The summed E-state index contributed by atoms with van der Waals surface area (Å²) in [4.78, 5) is 8.50. The van der Waals surface area contributed by atoms with Crippen molar-refractivity contribution >= 4 is 23.0 Å². The quantitative estimate of drug-likeness (QED) is 0.645. The van der Waals surface area contributed by atoms with E-state index in [-0.39, 0.29) is 0 Å². The maximum atomic E-state index is 6.21. The fourth-order valence-corrected chi connectivity index (χ4v) is 2.45. The number of hydrogen-bond donors (Lipinski definition) is 3. The van der Waals surface area contributed by atoms with E-state index < -0.39 is 0 Å². The van der Waals surface area contributed by atoms with E-state index in [2.05, 4.69) is 32.7 Å². The van der Waals surface area contributed by atoms with Gasteiger partial charge in [-0.15, -0.1) is 0 Å². The van der Waals surface area contributed by atoms with Crippen molar-refractivity contribution < 1.29 is 0 Å². The van der Waals surface area contributed by atoms with E-state index in [1.165, 1.54) is 11.9 Å². The van der Waals surface area contributed by atoms with Gasteiger partial charge in [0, 0.05) is 12.2 Å². The van der Waals surface area contributed by atoms with Crippen LogP contribution in [0.1, 0.15) is 11.1 Å². The average Bonchev–Trinajstić information content (AvgIpc) is 2.61. The highest BCUT2D eigenvalue weighted by molar-refractivity contribution is 5.78. The van der Waals surface area contributed by atoms with E-state index in [9.17, 15) is 0 Å². The molecule has 3 rings (SSSR count). The van der Waals surface area contributed by atoms with Crippen LogP contribution in [-0.2, 0) is 6.42 Å². The van der Waals surface area contributed by atoms with Crippen LogP contribution in [0, 0.1) is 6.92 Å². The molecule has 0 atom stereocenters. The molecule has 3 aromatic rings. The normalized spacial score (nSPS) is 10.4. The van der Waals surface area contributed by atoms with Crippen LogP contribution < -0.4 is 16.4 Å². The molecule has 0 amide bonds. The van der Waals surface area contributed by atoms with Crippen molar-refractivity contribution in [1.29, 1.82) is 0 Å². The second-order valence-electron chi connectivity index (χ2n) is 5.59. The van der Waals surface area contributed by atoms with Gasteiger partial charge in [-0.05, 0) is 30.5 Å². The lowest BCUT2D eigenvalue weighted by Gasteiger charge is -2.13. The van der Waals surface area contributed by atoms with E-state index in [0.717, 1.165) is 24.2 Å². The summed E-state index contributed by atoms with van der Waals surface area (Å²) in [6.45, 7) is 2.80. The molecule has 0 fully saturated rings. The second kappa shape index (κ2) is 7.46. The number of nitrogen functional groups attached to an aromatic ring is 1. The van der Waals surface area contributed by atoms with Gasteiger partial charge in [0.2, 0.25) is 0 Å². The molecule has 1 heterocycles. The van der Waals surface area contributed by atoms with Crippen molar-refractivity contribution in [3.8, 4) is 0 Å². The van der Waals surface area contributed by atoms with E-state index >= 15 is 0 Å². The Morgan fingerprint density at radius 2 is 1.62 bits per heavy atom. The molecule has 0 unspecified atom stereocenters. The number of nitrogens with zero attached hydrogens (tertiary/aromatic N) is 2. The van der Waals surface area contributed by atoms with E-state index in [0.29, 0.717) is 17.3 Å². The summed E-state index contributed by atoms with van der Waals surface area (Å²) >= 11 is 0. The zero-order chi connectivity index (χ0) is 16.8. The number of hydrogen-bond acceptors (Lipinski definition) is 5. The summed E-state index contributed by atoms with van der Waals surface area (Å²) in [5.41, 5.74) is 10.1. The molecule has 4 N–H and O–H groups in total. The van der Waals surface area contributed by atoms with Crippen molar-refractivity contribution in [3.63, 3.8) is 0 Å². The Morgan fingerprint density at radius 1 is 0.917 bits per heavy atom. The minimum Gasteiger partial charge on any atom is -0.393 e. The molecule has 0 aliphatic heterocycles. The van der Waals surface area contributed by atoms with E-state index in [1.54, 1.807) is 0 Å². The van der Waals surface area contributed by atoms with Crippen LogP contribution in [0.2, 0.25) is 0 Å². The third kappa shape index (κ3) is 3.81. The van der Waals surface area contributed by atoms with Gasteiger partial charge in [-0.2, -0.15) is 0 Å². The van der Waals surface area contributed by atoms with Gasteiger partial charge in [-0.3, -0.25) is 0 Å². The van der Waals surface area contributed by atoms with Crippen molar-refractivity contribution in [2.24, 2.45) is 0 Å². The van der Waals surface area contributed by atoms with Crippen LogP contribution in [0.25, 0.3) is 0 Å². The van der Waals surface area contributed by atoms with Crippen molar-refractivity contribution in [1.82, 2.24) is 9.97 Å². The fourth-order valence-electron chi connectivity index (χ4n) is 2.45. The lowest BCUT2D eigenvalue weighted by Crippen LogP contribution is -2.10. The Labute approximate surface area is 142 Å². The lowest BCUT2D eigenvalue weighted by molar-refractivity contribution is 1.00. The van der Waals surface area contributed by atoms with Crippen LogP contribution in [0.4, 0.5) is 23.0 Å². The zero-order valence-electron chi connectivity index (χ0n) is 13.7. The van der Waals surface area contributed by atoms with E-state index in [4.69, 9.17) is 5.73 Å². The molecule has 1 aromatic heterocycles. The minimum absolute atomic E-state index is 0.522. The van der Waals surface area contributed by atoms with Gasteiger partial charge in [0.15, 0.2) is 11.6 Å². The summed E-state index contributed by atoms with van der Waals surface area (Å²) in [6, 6.07) is 18.3. The molecule has 0 aliphatic rings. The van der Waals surface area contributed by atoms with Crippen LogP contribution in [0.5, 0.6) is 0 Å². The molecule has 0 saturated carbocycles. The summed E-state index contributed by atoms with van der Waals surface area (Å²) in [7, 11) is 0. The number of nitrogens with two attached hydrogens (primary N) is 1. The molecular weight excluding hydrogens is 298 g/mol. The van der Waals surface area contributed by atoms with Gasteiger partial charge in [0.1, 0.15) is 12.0 Å². The number of para-hydroxylation sites is 1. The summed E-state index contributed by atoms with van der Waals surface area (Å²) in [5, 5.41) is 6.56. The highest BCUT2D eigenvalue weighted by Gasteiger charge is 2.09. The molecule has 24 heavy (non-hydrogen) atoms. The van der Waals surface area contributed by atoms with Gasteiger partial charge in [0.25, 0.3) is 0 Å². The lowest BCUT2D eigenvalue weighted by atomic mass is 10.1. The largest absolute Gasteiger partial charge is 0.393 e. The predicted octanol–water partition coefficient (Wildman–Crippen LogP) is 3.77. The Hall–Kier alpha value is -3.08. The number of anilines is 4. The van der Waals surface area contributed by atoms with Gasteiger partial charge >= 0.3 is 0 Å². The number of aryl methyl sites for hydroxylation is 1. The smallest absolute Gasteiger partial charge is 0.159 e. The monoisotopic (exact) mass is 319 g/mol. The molecular formula is C19H21N5. The van der Waals surface area contributed by atoms with Crippen molar-refractivity contribution in [2.75, 3.05) is 22.9 Å². The van der Waals surface area contributed by atoms with Crippen LogP contribution in [0.15, 0.2) is 60.9 Å².